The van der Waals surface area contributed by atoms with Crippen LogP contribution in [-0.2, 0) is 6.54 Å². The molecule has 0 aliphatic carbocycles. The van der Waals surface area contributed by atoms with Crippen LogP contribution in [0.2, 0.25) is 0 Å². The number of nitrogens with zero attached hydrogens (tertiary/aromatic N) is 2. The highest BCUT2D eigenvalue weighted by molar-refractivity contribution is 5.94. The lowest BCUT2D eigenvalue weighted by Crippen LogP contribution is -2.29. The Balaban J connectivity index is 1.70. The van der Waals surface area contributed by atoms with Gasteiger partial charge in [0.25, 0.3) is 5.91 Å². The molecule has 1 atom stereocenters. The summed E-state index contributed by atoms with van der Waals surface area (Å²) in [6.45, 7) is 9.07. The van der Waals surface area contributed by atoms with Gasteiger partial charge in [0, 0.05) is 11.3 Å². The average molecular weight is 406 g/mol. The Hall–Kier alpha value is -3.08. The van der Waals surface area contributed by atoms with Gasteiger partial charge in [-0.25, -0.2) is 0 Å². The highest BCUT2D eigenvalue weighted by Crippen LogP contribution is 2.24. The summed E-state index contributed by atoms with van der Waals surface area (Å²) < 4.78 is 7.23. The van der Waals surface area contributed by atoms with Crippen molar-refractivity contribution in [2.45, 2.75) is 46.7 Å². The molecule has 0 fully saturated rings. The van der Waals surface area contributed by atoms with Gasteiger partial charge in [-0.1, -0.05) is 38.1 Å². The molecule has 0 spiro atoms. The predicted molar refractivity (Wildman–Crippen MR) is 120 cm³/mol. The van der Waals surface area contributed by atoms with E-state index in [-0.39, 0.29) is 11.9 Å². The molecule has 5 nitrogen and oxygen atoms in total. The molecular weight excluding hydrogens is 374 g/mol. The van der Waals surface area contributed by atoms with Gasteiger partial charge in [0.15, 0.2) is 0 Å². The Morgan fingerprint density at radius 1 is 1.07 bits per heavy atom. The number of benzene rings is 2. The van der Waals surface area contributed by atoms with Crippen LogP contribution in [0, 0.1) is 19.8 Å². The minimum atomic E-state index is -0.0610. The fourth-order valence-electron chi connectivity index (χ4n) is 3.60. The van der Waals surface area contributed by atoms with Gasteiger partial charge in [-0.15, -0.1) is 0 Å². The van der Waals surface area contributed by atoms with Crippen LogP contribution >= 0.6 is 0 Å². The van der Waals surface area contributed by atoms with Crippen LogP contribution in [0.4, 0.5) is 0 Å². The molecule has 2 aromatic carbocycles. The molecule has 5 heteroatoms. The lowest BCUT2D eigenvalue weighted by atomic mass is 9.96. The smallest absolute Gasteiger partial charge is 0.251 e. The molecule has 0 aliphatic rings. The number of aryl methyl sites for hydroxylation is 2. The van der Waals surface area contributed by atoms with Crippen LogP contribution in [0.15, 0.2) is 54.6 Å². The van der Waals surface area contributed by atoms with Gasteiger partial charge in [0.2, 0.25) is 0 Å². The third-order valence-electron chi connectivity index (χ3n) is 5.18. The number of carbonyl (C=O) groups excluding carboxylic acids is 1. The lowest BCUT2D eigenvalue weighted by Gasteiger charge is -2.21. The van der Waals surface area contributed by atoms with Crippen LogP contribution in [0.5, 0.6) is 5.75 Å². The first-order valence-corrected chi connectivity index (χ1v) is 10.4. The maximum atomic E-state index is 12.9. The Labute approximate surface area is 179 Å². The van der Waals surface area contributed by atoms with Gasteiger partial charge < -0.3 is 10.1 Å². The molecule has 0 aliphatic heterocycles. The largest absolute Gasteiger partial charge is 0.497 e. The van der Waals surface area contributed by atoms with E-state index < -0.39 is 0 Å². The van der Waals surface area contributed by atoms with Gasteiger partial charge in [-0.05, 0) is 67.6 Å². The minimum absolute atomic E-state index is 0.0437. The zero-order valence-electron chi connectivity index (χ0n) is 18.5. The second-order valence-electron chi connectivity index (χ2n) is 8.21. The molecule has 1 N–H and O–H groups in total. The highest BCUT2D eigenvalue weighted by Gasteiger charge is 2.17. The van der Waals surface area contributed by atoms with Gasteiger partial charge in [0.1, 0.15) is 5.75 Å². The zero-order chi connectivity index (χ0) is 21.7. The summed E-state index contributed by atoms with van der Waals surface area (Å²) in [5.41, 5.74) is 5.00. The fraction of sp³-hybridized carbons (Fsp3) is 0.360. The summed E-state index contributed by atoms with van der Waals surface area (Å²) in [4.78, 5) is 12.9. The maximum Gasteiger partial charge on any atom is 0.251 e. The van der Waals surface area contributed by atoms with Crippen molar-refractivity contribution >= 4 is 5.91 Å². The van der Waals surface area contributed by atoms with E-state index in [9.17, 15) is 4.79 Å². The van der Waals surface area contributed by atoms with Crippen molar-refractivity contribution in [2.24, 2.45) is 5.92 Å². The molecule has 3 rings (SSSR count). The molecule has 0 saturated heterocycles. The Bertz CT molecular complexity index is 973. The van der Waals surface area contributed by atoms with E-state index in [1.165, 1.54) is 0 Å². The van der Waals surface area contributed by atoms with E-state index in [4.69, 9.17) is 4.74 Å². The Morgan fingerprint density at radius 2 is 1.73 bits per heavy atom. The highest BCUT2D eigenvalue weighted by atomic mass is 16.5. The number of amides is 1. The van der Waals surface area contributed by atoms with Crippen LogP contribution in [0.3, 0.4) is 0 Å². The number of nitrogens with one attached hydrogen (secondary N) is 1. The van der Waals surface area contributed by atoms with Gasteiger partial charge >= 0.3 is 0 Å². The zero-order valence-corrected chi connectivity index (χ0v) is 18.5. The second kappa shape index (κ2) is 9.61. The number of aromatic nitrogens is 2. The first-order chi connectivity index (χ1) is 14.4. The maximum absolute atomic E-state index is 12.9. The summed E-state index contributed by atoms with van der Waals surface area (Å²) in [5, 5.41) is 7.71. The normalized spacial score (nSPS) is 12.1. The van der Waals surface area contributed by atoms with Crippen LogP contribution in [-0.4, -0.2) is 22.8 Å². The molecule has 0 bridgehead atoms. The van der Waals surface area contributed by atoms with E-state index in [0.29, 0.717) is 18.0 Å². The Kier molecular flexibility index (Phi) is 6.93. The number of ether oxygens (including phenoxy) is 1. The second-order valence-corrected chi connectivity index (χ2v) is 8.21. The lowest BCUT2D eigenvalue weighted by molar-refractivity contribution is 0.0932. The van der Waals surface area contributed by atoms with Crippen molar-refractivity contribution in [3.63, 3.8) is 0 Å². The molecule has 1 aromatic heterocycles. The third kappa shape index (κ3) is 5.50. The minimum Gasteiger partial charge on any atom is -0.497 e. The third-order valence-corrected chi connectivity index (χ3v) is 5.18. The van der Waals surface area contributed by atoms with Crippen molar-refractivity contribution < 1.29 is 9.53 Å². The number of hydrogen-bond acceptors (Lipinski definition) is 3. The van der Waals surface area contributed by atoms with E-state index in [2.05, 4.69) is 37.3 Å². The van der Waals surface area contributed by atoms with E-state index in [0.717, 1.165) is 34.7 Å². The topological polar surface area (TPSA) is 56.1 Å². The quantitative estimate of drug-likeness (QED) is 0.569. The summed E-state index contributed by atoms with van der Waals surface area (Å²) in [7, 11) is 1.65. The summed E-state index contributed by atoms with van der Waals surface area (Å²) in [6, 6.07) is 17.7. The molecule has 30 heavy (non-hydrogen) atoms. The number of rotatable bonds is 8. The van der Waals surface area contributed by atoms with Crippen molar-refractivity contribution in [2.75, 3.05) is 7.11 Å². The fourth-order valence-corrected chi connectivity index (χ4v) is 3.60. The summed E-state index contributed by atoms with van der Waals surface area (Å²) in [5.74, 6) is 1.21. The predicted octanol–water partition coefficient (Wildman–Crippen LogP) is 5.07. The van der Waals surface area contributed by atoms with Gasteiger partial charge in [-0.2, -0.15) is 5.10 Å². The molecule has 0 unspecified atom stereocenters. The molecule has 158 valence electrons. The van der Waals surface area contributed by atoms with Crippen molar-refractivity contribution in [3.05, 3.63) is 82.7 Å². The van der Waals surface area contributed by atoms with E-state index in [1.807, 2.05) is 60.1 Å². The molecule has 1 amide bonds. The van der Waals surface area contributed by atoms with Crippen molar-refractivity contribution in [3.8, 4) is 5.75 Å². The number of hydrogen-bond donors (Lipinski definition) is 1. The molecular formula is C25H31N3O2. The van der Waals surface area contributed by atoms with Gasteiger partial charge in [0.05, 0.1) is 25.4 Å². The summed E-state index contributed by atoms with van der Waals surface area (Å²) >= 11 is 0. The first-order valence-electron chi connectivity index (χ1n) is 10.4. The molecule has 0 saturated carbocycles. The molecule has 3 aromatic rings. The molecule has 0 radical (unpaired) electrons. The first kappa shape index (κ1) is 21.6. The average Bonchev–Trinajstić information content (AvgIpc) is 3.04. The number of methoxy groups -OCH3 is 1. The molecule has 1 heterocycles. The van der Waals surface area contributed by atoms with Crippen LogP contribution in [0.25, 0.3) is 0 Å². The Morgan fingerprint density at radius 3 is 2.27 bits per heavy atom. The van der Waals surface area contributed by atoms with Crippen LogP contribution in [0.1, 0.15) is 59.2 Å². The van der Waals surface area contributed by atoms with E-state index >= 15 is 0 Å². The van der Waals surface area contributed by atoms with E-state index in [1.54, 1.807) is 7.11 Å². The van der Waals surface area contributed by atoms with Gasteiger partial charge in [-0.3, -0.25) is 9.48 Å². The monoisotopic (exact) mass is 405 g/mol. The SMILES string of the molecule is COc1ccc([C@H](CC(C)C)NC(=O)c2ccc(Cn3nc(C)cc3C)cc2)cc1. The summed E-state index contributed by atoms with van der Waals surface area (Å²) in [6.07, 6.45) is 0.869. The standard InChI is InChI=1S/C25H31N3O2/c1-17(2)14-24(21-10-12-23(30-5)13-11-21)26-25(29)22-8-6-20(7-9-22)16-28-19(4)15-18(3)27-28/h6-13,15,17,24H,14,16H2,1-5H3,(H,26,29)/t24-/m0/s1. The number of carbonyl (C=O) groups is 1. The van der Waals surface area contributed by atoms with Crippen molar-refractivity contribution in [1.82, 2.24) is 15.1 Å². The van der Waals surface area contributed by atoms with Crippen LogP contribution < -0.4 is 10.1 Å². The van der Waals surface area contributed by atoms with Crippen molar-refractivity contribution in [1.29, 1.82) is 0 Å².